The lowest BCUT2D eigenvalue weighted by Crippen LogP contribution is -2.33. The van der Waals surface area contributed by atoms with Crippen LogP contribution < -0.4 is 5.32 Å². The number of ether oxygens (including phenoxy) is 1. The van der Waals surface area contributed by atoms with Crippen LogP contribution in [0.5, 0.6) is 0 Å². The highest BCUT2D eigenvalue weighted by Gasteiger charge is 2.28. The van der Waals surface area contributed by atoms with Crippen LogP contribution in [0.15, 0.2) is 18.2 Å². The van der Waals surface area contributed by atoms with Gasteiger partial charge in [-0.05, 0) is 43.9 Å². The monoisotopic (exact) mass is 263 g/mol. The average Bonchev–Trinajstić information content (AvgIpc) is 2.36. The Morgan fingerprint density at radius 1 is 1.37 bits per heavy atom. The van der Waals surface area contributed by atoms with E-state index in [1.54, 1.807) is 0 Å². The first-order valence-electron chi connectivity index (χ1n) is 6.71. The fraction of sp³-hybridized carbons (Fsp3) is 0.562. The summed E-state index contributed by atoms with van der Waals surface area (Å²) in [6.07, 6.45) is 0. The van der Waals surface area contributed by atoms with Crippen molar-refractivity contribution in [2.24, 2.45) is 5.41 Å². The molecule has 0 aliphatic carbocycles. The normalized spacial score (nSPS) is 11.5. The Balaban J connectivity index is 2.83. The van der Waals surface area contributed by atoms with Crippen molar-refractivity contribution in [3.63, 3.8) is 0 Å². The van der Waals surface area contributed by atoms with E-state index >= 15 is 0 Å². The molecule has 0 heterocycles. The molecule has 0 unspecified atom stereocenters. The molecule has 0 aliphatic heterocycles. The fourth-order valence-corrected chi connectivity index (χ4v) is 1.85. The van der Waals surface area contributed by atoms with Gasteiger partial charge in [0.05, 0.1) is 12.5 Å². The molecule has 0 bridgehead atoms. The minimum Gasteiger partial charge on any atom is -0.469 e. The molecule has 3 nitrogen and oxygen atoms in total. The predicted molar refractivity (Wildman–Crippen MR) is 79.6 cm³/mol. The third kappa shape index (κ3) is 3.98. The number of methoxy groups -OCH3 is 1. The molecule has 0 saturated carbocycles. The average molecular weight is 263 g/mol. The molecule has 1 N–H and O–H groups in total. The van der Waals surface area contributed by atoms with Crippen molar-refractivity contribution in [3.05, 3.63) is 29.3 Å². The smallest absolute Gasteiger partial charge is 0.313 e. The van der Waals surface area contributed by atoms with Gasteiger partial charge in [0.2, 0.25) is 0 Å². The van der Waals surface area contributed by atoms with Crippen LogP contribution in [0.4, 0.5) is 5.69 Å². The van der Waals surface area contributed by atoms with Gasteiger partial charge in [0, 0.05) is 12.2 Å². The van der Waals surface area contributed by atoms with Crippen molar-refractivity contribution in [1.29, 1.82) is 0 Å². The molecule has 1 rings (SSSR count). The number of hydrogen-bond acceptors (Lipinski definition) is 3. The van der Waals surface area contributed by atoms with E-state index in [-0.39, 0.29) is 5.97 Å². The van der Waals surface area contributed by atoms with Gasteiger partial charge in [-0.25, -0.2) is 0 Å². The summed E-state index contributed by atoms with van der Waals surface area (Å²) in [4.78, 5) is 11.7. The van der Waals surface area contributed by atoms with Crippen molar-refractivity contribution in [2.75, 3.05) is 19.0 Å². The van der Waals surface area contributed by atoms with E-state index in [1.807, 2.05) is 13.8 Å². The van der Waals surface area contributed by atoms with E-state index in [4.69, 9.17) is 4.74 Å². The molecule has 0 saturated heterocycles. The quantitative estimate of drug-likeness (QED) is 0.823. The molecule has 0 radical (unpaired) electrons. The lowest BCUT2D eigenvalue weighted by molar-refractivity contribution is -0.149. The van der Waals surface area contributed by atoms with Crippen LogP contribution >= 0.6 is 0 Å². The van der Waals surface area contributed by atoms with Crippen LogP contribution in [0.25, 0.3) is 0 Å². The zero-order valence-corrected chi connectivity index (χ0v) is 12.8. The van der Waals surface area contributed by atoms with E-state index < -0.39 is 5.41 Å². The van der Waals surface area contributed by atoms with Crippen LogP contribution in [0, 0.1) is 12.3 Å². The number of hydrogen-bond donors (Lipinski definition) is 1. The zero-order valence-electron chi connectivity index (χ0n) is 12.8. The van der Waals surface area contributed by atoms with Gasteiger partial charge >= 0.3 is 5.97 Å². The standard InChI is InChI=1S/C16H25NO2/c1-11(2)13-8-7-12(3)14(9-13)17-10-16(4,5)15(18)19-6/h7-9,11,17H,10H2,1-6H3. The van der Waals surface area contributed by atoms with Crippen LogP contribution in [0.3, 0.4) is 0 Å². The summed E-state index contributed by atoms with van der Waals surface area (Å²) in [5.74, 6) is 0.299. The van der Waals surface area contributed by atoms with Crippen molar-refractivity contribution in [3.8, 4) is 0 Å². The van der Waals surface area contributed by atoms with Gasteiger partial charge in [0.1, 0.15) is 0 Å². The van der Waals surface area contributed by atoms with Crippen LogP contribution in [-0.4, -0.2) is 19.6 Å². The first-order valence-corrected chi connectivity index (χ1v) is 6.71. The lowest BCUT2D eigenvalue weighted by atomic mass is 9.93. The molecule has 3 heteroatoms. The predicted octanol–water partition coefficient (Wildman–Crippen LogP) is 3.73. The first kappa shape index (κ1) is 15.5. The van der Waals surface area contributed by atoms with Crippen molar-refractivity contribution in [2.45, 2.75) is 40.5 Å². The van der Waals surface area contributed by atoms with Gasteiger partial charge in [0.25, 0.3) is 0 Å². The SMILES string of the molecule is COC(=O)C(C)(C)CNc1cc(C(C)C)ccc1C. The van der Waals surface area contributed by atoms with Crippen LogP contribution in [0.1, 0.15) is 44.7 Å². The Morgan fingerprint density at radius 3 is 2.53 bits per heavy atom. The third-order valence-electron chi connectivity index (χ3n) is 3.39. The molecule has 1 aromatic carbocycles. The summed E-state index contributed by atoms with van der Waals surface area (Å²) in [7, 11) is 1.43. The molecule has 0 spiro atoms. The molecule has 0 aliphatic rings. The Morgan fingerprint density at radius 2 is 2.00 bits per heavy atom. The highest BCUT2D eigenvalue weighted by molar-refractivity contribution is 5.76. The maximum Gasteiger partial charge on any atom is 0.313 e. The zero-order chi connectivity index (χ0) is 14.6. The van der Waals surface area contributed by atoms with Crippen molar-refractivity contribution in [1.82, 2.24) is 0 Å². The Labute approximate surface area is 116 Å². The number of benzene rings is 1. The maximum absolute atomic E-state index is 11.7. The molecule has 19 heavy (non-hydrogen) atoms. The highest BCUT2D eigenvalue weighted by Crippen LogP contribution is 2.24. The topological polar surface area (TPSA) is 38.3 Å². The number of nitrogens with one attached hydrogen (secondary N) is 1. The molecule has 0 fully saturated rings. The van der Waals surface area contributed by atoms with Gasteiger partial charge in [-0.3, -0.25) is 4.79 Å². The minimum atomic E-state index is -0.533. The van der Waals surface area contributed by atoms with E-state index in [9.17, 15) is 4.79 Å². The van der Waals surface area contributed by atoms with E-state index in [2.05, 4.69) is 44.3 Å². The summed E-state index contributed by atoms with van der Waals surface area (Å²) in [5.41, 5.74) is 3.03. The van der Waals surface area contributed by atoms with Gasteiger partial charge in [0.15, 0.2) is 0 Å². The molecular weight excluding hydrogens is 238 g/mol. The third-order valence-corrected chi connectivity index (χ3v) is 3.39. The summed E-state index contributed by atoms with van der Waals surface area (Å²) in [6.45, 7) is 10.7. The molecular formula is C16H25NO2. The van der Waals surface area contributed by atoms with Gasteiger partial charge in [-0.15, -0.1) is 0 Å². The van der Waals surface area contributed by atoms with E-state index in [0.717, 1.165) is 5.69 Å². The first-order chi connectivity index (χ1) is 8.77. The summed E-state index contributed by atoms with van der Waals surface area (Å²) in [5, 5.41) is 3.36. The molecule has 0 amide bonds. The summed E-state index contributed by atoms with van der Waals surface area (Å²) in [6, 6.07) is 6.42. The van der Waals surface area contributed by atoms with Crippen molar-refractivity contribution < 1.29 is 9.53 Å². The minimum absolute atomic E-state index is 0.197. The van der Waals surface area contributed by atoms with Gasteiger partial charge in [-0.1, -0.05) is 26.0 Å². The maximum atomic E-state index is 11.7. The van der Waals surface area contributed by atoms with Crippen LogP contribution in [-0.2, 0) is 9.53 Å². The van der Waals surface area contributed by atoms with Crippen LogP contribution in [0.2, 0.25) is 0 Å². The summed E-state index contributed by atoms with van der Waals surface area (Å²) < 4.78 is 4.82. The number of rotatable bonds is 5. The Bertz CT molecular complexity index is 450. The van der Waals surface area contributed by atoms with Crippen molar-refractivity contribution >= 4 is 11.7 Å². The van der Waals surface area contributed by atoms with E-state index in [0.29, 0.717) is 12.5 Å². The Kier molecular flexibility index (Phi) is 4.98. The number of anilines is 1. The number of esters is 1. The molecule has 0 aromatic heterocycles. The van der Waals surface area contributed by atoms with Gasteiger partial charge in [-0.2, -0.15) is 0 Å². The van der Waals surface area contributed by atoms with Gasteiger partial charge < -0.3 is 10.1 Å². The largest absolute Gasteiger partial charge is 0.469 e. The second-order valence-corrected chi connectivity index (χ2v) is 5.96. The fourth-order valence-electron chi connectivity index (χ4n) is 1.85. The molecule has 106 valence electrons. The highest BCUT2D eigenvalue weighted by atomic mass is 16.5. The number of carbonyl (C=O) groups excluding carboxylic acids is 1. The second kappa shape index (κ2) is 6.09. The number of carbonyl (C=O) groups is 1. The molecule has 1 aromatic rings. The Hall–Kier alpha value is -1.51. The second-order valence-electron chi connectivity index (χ2n) is 5.96. The summed E-state index contributed by atoms with van der Waals surface area (Å²) >= 11 is 0. The van der Waals surface area contributed by atoms with E-state index in [1.165, 1.54) is 18.2 Å². The number of aryl methyl sites for hydroxylation is 1. The molecule has 0 atom stereocenters. The lowest BCUT2D eigenvalue weighted by Gasteiger charge is -2.23.